The molecule has 2 heterocycles. The van der Waals surface area contributed by atoms with E-state index in [1.807, 2.05) is 25.3 Å². The second-order valence-electron chi connectivity index (χ2n) is 3.67. The molecule has 2 rings (SSSR count). The van der Waals surface area contributed by atoms with Crippen molar-refractivity contribution in [2.75, 3.05) is 0 Å². The van der Waals surface area contributed by atoms with Crippen LogP contribution in [0.4, 0.5) is 0 Å². The van der Waals surface area contributed by atoms with E-state index < -0.39 is 0 Å². The zero-order valence-corrected chi connectivity index (χ0v) is 10.2. The SMILES string of the molecule is CC(=O)Cc1nn2ccc(C)cc2c1Br. The van der Waals surface area contributed by atoms with Gasteiger partial charge in [0.1, 0.15) is 5.78 Å². The lowest BCUT2D eigenvalue weighted by Crippen LogP contribution is -1.97. The summed E-state index contributed by atoms with van der Waals surface area (Å²) in [5.74, 6) is 0.121. The molecule has 0 N–H and O–H groups in total. The smallest absolute Gasteiger partial charge is 0.135 e. The Morgan fingerprint density at radius 2 is 2.33 bits per heavy atom. The third kappa shape index (κ3) is 1.95. The fraction of sp³-hybridized carbons (Fsp3) is 0.273. The van der Waals surface area contributed by atoms with Gasteiger partial charge in [0.05, 0.1) is 22.1 Å². The molecular formula is C11H11BrN2O. The Kier molecular flexibility index (Phi) is 2.61. The van der Waals surface area contributed by atoms with Crippen LogP contribution in [0.1, 0.15) is 18.2 Å². The van der Waals surface area contributed by atoms with Gasteiger partial charge in [0, 0.05) is 6.20 Å². The van der Waals surface area contributed by atoms with Crippen LogP contribution in [0.3, 0.4) is 0 Å². The number of hydrogen-bond acceptors (Lipinski definition) is 2. The van der Waals surface area contributed by atoms with Gasteiger partial charge in [-0.15, -0.1) is 0 Å². The molecule has 0 amide bonds. The summed E-state index contributed by atoms with van der Waals surface area (Å²) in [6.07, 6.45) is 2.28. The molecule has 0 aliphatic heterocycles. The van der Waals surface area contributed by atoms with E-state index in [1.165, 1.54) is 5.56 Å². The highest BCUT2D eigenvalue weighted by Crippen LogP contribution is 2.23. The highest BCUT2D eigenvalue weighted by molar-refractivity contribution is 9.10. The summed E-state index contributed by atoms with van der Waals surface area (Å²) in [5, 5.41) is 4.34. The van der Waals surface area contributed by atoms with Crippen LogP contribution in [0.5, 0.6) is 0 Å². The number of hydrogen-bond donors (Lipinski definition) is 0. The maximum absolute atomic E-state index is 11.0. The minimum atomic E-state index is 0.121. The van der Waals surface area contributed by atoms with Crippen LogP contribution in [0, 0.1) is 6.92 Å². The van der Waals surface area contributed by atoms with Gasteiger partial charge < -0.3 is 0 Å². The van der Waals surface area contributed by atoms with Crippen LogP contribution in [0.25, 0.3) is 5.52 Å². The topological polar surface area (TPSA) is 34.4 Å². The lowest BCUT2D eigenvalue weighted by Gasteiger charge is -1.94. The standard InChI is InChI=1S/C11H11BrN2O/c1-7-3-4-14-10(5-7)11(12)9(13-14)6-8(2)15/h3-5H,6H2,1-2H3. The number of carbonyl (C=O) groups excluding carboxylic acids is 1. The number of Topliss-reactive ketones (excluding diaryl/α,β-unsaturated/α-hetero) is 1. The van der Waals surface area contributed by atoms with Crippen molar-refractivity contribution in [3.8, 4) is 0 Å². The minimum Gasteiger partial charge on any atom is -0.300 e. The summed E-state index contributed by atoms with van der Waals surface area (Å²) < 4.78 is 2.71. The van der Waals surface area contributed by atoms with Crippen LogP contribution >= 0.6 is 15.9 Å². The highest BCUT2D eigenvalue weighted by Gasteiger charge is 2.11. The van der Waals surface area contributed by atoms with Crippen LogP contribution in [-0.4, -0.2) is 15.4 Å². The Bertz CT molecular complexity index is 531. The van der Waals surface area contributed by atoms with E-state index in [-0.39, 0.29) is 5.78 Å². The first-order valence-corrected chi connectivity index (χ1v) is 5.50. The van der Waals surface area contributed by atoms with E-state index in [1.54, 1.807) is 11.4 Å². The third-order valence-electron chi connectivity index (χ3n) is 2.21. The van der Waals surface area contributed by atoms with Crippen molar-refractivity contribution in [1.29, 1.82) is 0 Å². The average molecular weight is 267 g/mol. The second-order valence-corrected chi connectivity index (χ2v) is 4.47. The molecule has 0 spiro atoms. The minimum absolute atomic E-state index is 0.121. The molecule has 15 heavy (non-hydrogen) atoms. The lowest BCUT2D eigenvalue weighted by atomic mass is 10.2. The summed E-state index contributed by atoms with van der Waals surface area (Å²) in [6, 6.07) is 4.03. The second kappa shape index (κ2) is 3.77. The van der Waals surface area contributed by atoms with E-state index in [4.69, 9.17) is 0 Å². The molecule has 0 saturated heterocycles. The Labute approximate surface area is 96.2 Å². The van der Waals surface area contributed by atoms with Crippen LogP contribution in [-0.2, 0) is 11.2 Å². The van der Waals surface area contributed by atoms with Crippen molar-refractivity contribution in [1.82, 2.24) is 9.61 Å². The molecule has 0 aliphatic rings. The fourth-order valence-corrected chi connectivity index (χ4v) is 2.04. The first kappa shape index (κ1) is 10.4. The van der Waals surface area contributed by atoms with Gasteiger partial charge in [0.2, 0.25) is 0 Å². The summed E-state index contributed by atoms with van der Waals surface area (Å²) in [4.78, 5) is 11.0. The first-order chi connectivity index (χ1) is 7.08. The largest absolute Gasteiger partial charge is 0.300 e. The summed E-state index contributed by atoms with van der Waals surface area (Å²) >= 11 is 3.48. The van der Waals surface area contributed by atoms with E-state index in [2.05, 4.69) is 21.0 Å². The highest BCUT2D eigenvalue weighted by atomic mass is 79.9. The molecule has 0 bridgehead atoms. The lowest BCUT2D eigenvalue weighted by molar-refractivity contribution is -0.116. The van der Waals surface area contributed by atoms with Crippen molar-refractivity contribution in [2.45, 2.75) is 20.3 Å². The molecule has 0 unspecified atom stereocenters. The molecule has 78 valence electrons. The van der Waals surface area contributed by atoms with Gasteiger partial charge in [-0.25, -0.2) is 4.52 Å². The first-order valence-electron chi connectivity index (χ1n) is 4.70. The van der Waals surface area contributed by atoms with Crippen molar-refractivity contribution >= 4 is 27.2 Å². The molecule has 0 atom stereocenters. The summed E-state index contributed by atoms with van der Waals surface area (Å²) in [6.45, 7) is 3.60. The molecule has 4 heteroatoms. The number of nitrogens with zero attached hydrogens (tertiary/aromatic N) is 2. The number of carbonyl (C=O) groups is 1. The van der Waals surface area contributed by atoms with Crippen molar-refractivity contribution < 1.29 is 4.79 Å². The van der Waals surface area contributed by atoms with Crippen LogP contribution < -0.4 is 0 Å². The van der Waals surface area contributed by atoms with Crippen molar-refractivity contribution in [3.63, 3.8) is 0 Å². The van der Waals surface area contributed by atoms with E-state index in [0.29, 0.717) is 6.42 Å². The van der Waals surface area contributed by atoms with Gasteiger partial charge in [0.25, 0.3) is 0 Å². The third-order valence-corrected chi connectivity index (χ3v) is 3.08. The van der Waals surface area contributed by atoms with Gasteiger partial charge in [-0.1, -0.05) is 0 Å². The predicted octanol–water partition coefficient (Wildman–Crippen LogP) is 2.54. The Balaban J connectivity index is 2.59. The van der Waals surface area contributed by atoms with Gasteiger partial charge in [-0.2, -0.15) is 5.10 Å². The normalized spacial score (nSPS) is 10.9. The van der Waals surface area contributed by atoms with E-state index in [9.17, 15) is 4.79 Å². The molecule has 0 aliphatic carbocycles. The number of pyridine rings is 1. The fourth-order valence-electron chi connectivity index (χ4n) is 1.52. The zero-order chi connectivity index (χ0) is 11.0. The van der Waals surface area contributed by atoms with E-state index >= 15 is 0 Å². The summed E-state index contributed by atoms with van der Waals surface area (Å²) in [5.41, 5.74) is 2.98. The number of rotatable bonds is 2. The number of fused-ring (bicyclic) bond motifs is 1. The molecule has 0 saturated carbocycles. The molecule has 2 aromatic heterocycles. The molecular weight excluding hydrogens is 256 g/mol. The van der Waals surface area contributed by atoms with Gasteiger partial charge in [-0.3, -0.25) is 4.79 Å². The zero-order valence-electron chi connectivity index (χ0n) is 8.62. The van der Waals surface area contributed by atoms with E-state index in [0.717, 1.165) is 15.7 Å². The monoisotopic (exact) mass is 266 g/mol. The Morgan fingerprint density at radius 3 is 3.00 bits per heavy atom. The van der Waals surface area contributed by atoms with Crippen LogP contribution in [0.2, 0.25) is 0 Å². The quantitative estimate of drug-likeness (QED) is 0.838. The van der Waals surface area contributed by atoms with Crippen molar-refractivity contribution in [2.24, 2.45) is 0 Å². The molecule has 2 aromatic rings. The molecule has 0 fully saturated rings. The summed E-state index contributed by atoms with van der Waals surface area (Å²) in [7, 11) is 0. The van der Waals surface area contributed by atoms with Gasteiger partial charge in [0.15, 0.2) is 0 Å². The number of halogens is 1. The van der Waals surface area contributed by atoms with Gasteiger partial charge >= 0.3 is 0 Å². The molecule has 0 radical (unpaired) electrons. The van der Waals surface area contributed by atoms with Gasteiger partial charge in [-0.05, 0) is 47.5 Å². The number of aromatic nitrogens is 2. The Hall–Kier alpha value is -1.16. The molecule has 0 aromatic carbocycles. The number of aryl methyl sites for hydroxylation is 1. The van der Waals surface area contributed by atoms with Crippen LogP contribution in [0.15, 0.2) is 22.8 Å². The molecule has 3 nitrogen and oxygen atoms in total. The average Bonchev–Trinajstić information content (AvgIpc) is 2.44. The number of ketones is 1. The Morgan fingerprint density at radius 1 is 1.60 bits per heavy atom. The predicted molar refractivity (Wildman–Crippen MR) is 62.0 cm³/mol. The van der Waals surface area contributed by atoms with Crippen molar-refractivity contribution in [3.05, 3.63) is 34.1 Å². The maximum Gasteiger partial charge on any atom is 0.135 e. The maximum atomic E-state index is 11.0.